The van der Waals surface area contributed by atoms with Gasteiger partial charge in [0.1, 0.15) is 0 Å². The third kappa shape index (κ3) is 2.55. The number of nitrogens with zero attached hydrogens (tertiary/aromatic N) is 3. The maximum atomic E-state index is 11.9. The van der Waals surface area contributed by atoms with Gasteiger partial charge in [-0.2, -0.15) is 9.57 Å². The highest BCUT2D eigenvalue weighted by molar-refractivity contribution is 7.89. The van der Waals surface area contributed by atoms with Crippen LogP contribution in [0.1, 0.15) is 13.3 Å². The van der Waals surface area contributed by atoms with Crippen molar-refractivity contribution >= 4 is 10.0 Å². The van der Waals surface area contributed by atoms with Crippen LogP contribution in [-0.4, -0.2) is 35.8 Å². The van der Waals surface area contributed by atoms with E-state index in [9.17, 15) is 8.42 Å². The highest BCUT2D eigenvalue weighted by Crippen LogP contribution is 2.11. The van der Waals surface area contributed by atoms with Crippen LogP contribution in [0.3, 0.4) is 0 Å². The predicted octanol–water partition coefficient (Wildman–Crippen LogP) is 0.334. The smallest absolute Gasteiger partial charge is 0.260 e. The minimum absolute atomic E-state index is 0.0577. The summed E-state index contributed by atoms with van der Waals surface area (Å²) in [5.41, 5.74) is 0. The Labute approximate surface area is 88.6 Å². The zero-order valence-electron chi connectivity index (χ0n) is 8.34. The lowest BCUT2D eigenvalue weighted by Crippen LogP contribution is -2.31. The zero-order chi connectivity index (χ0) is 11.3. The Morgan fingerprint density at radius 1 is 1.67 bits per heavy atom. The van der Waals surface area contributed by atoms with Gasteiger partial charge in [-0.25, -0.2) is 13.4 Å². The summed E-state index contributed by atoms with van der Waals surface area (Å²) < 4.78 is 25.0. The van der Waals surface area contributed by atoms with Crippen molar-refractivity contribution in [2.24, 2.45) is 0 Å². The van der Waals surface area contributed by atoms with Gasteiger partial charge in [0.25, 0.3) is 10.0 Å². The minimum atomic E-state index is -3.52. The molecule has 0 unspecified atom stereocenters. The zero-order valence-corrected chi connectivity index (χ0v) is 9.16. The number of rotatable bonds is 5. The van der Waals surface area contributed by atoms with Crippen LogP contribution in [0.4, 0.5) is 0 Å². The minimum Gasteiger partial charge on any atom is -0.335 e. The topological polar surface area (TPSA) is 89.8 Å². The standard InChI is InChI=1S/C8H12N4O2S/c1-2-12(5-3-4-9)15(13,14)8-6-10-7-11-8/h6-7H,2-3,5H2,1H3,(H,10,11). The molecule has 0 spiro atoms. The van der Waals surface area contributed by atoms with Crippen molar-refractivity contribution in [1.29, 1.82) is 5.26 Å². The fourth-order valence-corrected chi connectivity index (χ4v) is 2.49. The largest absolute Gasteiger partial charge is 0.335 e. The molecule has 0 bridgehead atoms. The summed E-state index contributed by atoms with van der Waals surface area (Å²) in [7, 11) is -3.52. The van der Waals surface area contributed by atoms with Crippen molar-refractivity contribution < 1.29 is 8.42 Å². The van der Waals surface area contributed by atoms with E-state index in [0.717, 1.165) is 0 Å². The number of hydrogen-bond acceptors (Lipinski definition) is 4. The van der Waals surface area contributed by atoms with Crippen molar-refractivity contribution in [3.05, 3.63) is 12.5 Å². The van der Waals surface area contributed by atoms with Gasteiger partial charge in [-0.3, -0.25) is 0 Å². The molecular weight excluding hydrogens is 216 g/mol. The Morgan fingerprint density at radius 3 is 2.87 bits per heavy atom. The number of aromatic amines is 1. The summed E-state index contributed by atoms with van der Waals surface area (Å²) in [6.45, 7) is 2.27. The molecule has 0 aromatic carbocycles. The van der Waals surface area contributed by atoms with E-state index in [2.05, 4.69) is 9.97 Å². The first kappa shape index (κ1) is 11.7. The average molecular weight is 228 g/mol. The molecule has 0 aliphatic carbocycles. The number of sulfonamides is 1. The molecular formula is C8H12N4O2S. The highest BCUT2D eigenvalue weighted by Gasteiger charge is 2.23. The van der Waals surface area contributed by atoms with Gasteiger partial charge in [-0.15, -0.1) is 0 Å². The molecule has 6 nitrogen and oxygen atoms in total. The molecule has 0 radical (unpaired) electrons. The summed E-state index contributed by atoms with van der Waals surface area (Å²) in [5, 5.41) is 8.47. The first-order valence-electron chi connectivity index (χ1n) is 4.48. The molecule has 82 valence electrons. The molecule has 1 heterocycles. The number of imidazole rings is 1. The molecule has 15 heavy (non-hydrogen) atoms. The number of nitrogens with one attached hydrogen (secondary N) is 1. The maximum absolute atomic E-state index is 11.9. The summed E-state index contributed by atoms with van der Waals surface area (Å²) in [6.07, 6.45) is 2.75. The maximum Gasteiger partial charge on any atom is 0.260 e. The monoisotopic (exact) mass is 228 g/mol. The van der Waals surface area contributed by atoms with E-state index < -0.39 is 10.0 Å². The SMILES string of the molecule is CCN(CCC#N)S(=O)(=O)c1cnc[nH]1. The molecule has 1 aromatic rings. The summed E-state index contributed by atoms with van der Waals surface area (Å²) >= 11 is 0. The summed E-state index contributed by atoms with van der Waals surface area (Å²) in [5.74, 6) is 0. The second-order valence-electron chi connectivity index (χ2n) is 2.82. The number of H-pyrrole nitrogens is 1. The molecule has 0 amide bonds. The van der Waals surface area contributed by atoms with Crippen LogP contribution >= 0.6 is 0 Å². The summed E-state index contributed by atoms with van der Waals surface area (Å²) in [4.78, 5) is 6.20. The quantitative estimate of drug-likeness (QED) is 0.786. The molecule has 1 aromatic heterocycles. The number of aromatic nitrogens is 2. The summed E-state index contributed by atoms with van der Waals surface area (Å²) in [6, 6.07) is 1.92. The van der Waals surface area contributed by atoms with E-state index in [4.69, 9.17) is 5.26 Å². The van der Waals surface area contributed by atoms with E-state index in [-0.39, 0.29) is 18.0 Å². The molecule has 0 fully saturated rings. The van der Waals surface area contributed by atoms with E-state index in [0.29, 0.717) is 6.54 Å². The van der Waals surface area contributed by atoms with Gasteiger partial charge in [0.05, 0.1) is 18.6 Å². The van der Waals surface area contributed by atoms with Crippen molar-refractivity contribution in [3.63, 3.8) is 0 Å². The molecule has 1 N–H and O–H groups in total. The Bertz CT molecular complexity index is 432. The lowest BCUT2D eigenvalue weighted by atomic mass is 10.5. The van der Waals surface area contributed by atoms with Crippen molar-refractivity contribution in [3.8, 4) is 6.07 Å². The normalized spacial score (nSPS) is 11.5. The van der Waals surface area contributed by atoms with Crippen LogP contribution in [0.5, 0.6) is 0 Å². The first-order chi connectivity index (χ1) is 7.12. The van der Waals surface area contributed by atoms with Crippen molar-refractivity contribution in [1.82, 2.24) is 14.3 Å². The lowest BCUT2D eigenvalue weighted by molar-refractivity contribution is 0.433. The Hall–Kier alpha value is -1.39. The molecule has 0 saturated heterocycles. The van der Waals surface area contributed by atoms with Gasteiger partial charge in [-0.1, -0.05) is 6.92 Å². The predicted molar refractivity (Wildman–Crippen MR) is 53.3 cm³/mol. The molecule has 7 heteroatoms. The fraction of sp³-hybridized carbons (Fsp3) is 0.500. The van der Waals surface area contributed by atoms with E-state index >= 15 is 0 Å². The lowest BCUT2D eigenvalue weighted by Gasteiger charge is -2.17. The fourth-order valence-electron chi connectivity index (χ4n) is 1.15. The second-order valence-corrected chi connectivity index (χ2v) is 4.73. The molecule has 1 rings (SSSR count). The second kappa shape index (κ2) is 4.91. The van der Waals surface area contributed by atoms with Crippen molar-refractivity contribution in [2.75, 3.05) is 13.1 Å². The Kier molecular flexibility index (Phi) is 3.82. The van der Waals surface area contributed by atoms with Crippen LogP contribution in [0.2, 0.25) is 0 Å². The van der Waals surface area contributed by atoms with Crippen LogP contribution in [0.15, 0.2) is 17.6 Å². The van der Waals surface area contributed by atoms with Gasteiger partial charge in [0, 0.05) is 19.5 Å². The van der Waals surface area contributed by atoms with Gasteiger partial charge < -0.3 is 4.98 Å². The third-order valence-electron chi connectivity index (χ3n) is 1.92. The third-order valence-corrected chi connectivity index (χ3v) is 3.82. The highest BCUT2D eigenvalue weighted by atomic mass is 32.2. The van der Waals surface area contributed by atoms with E-state index in [1.807, 2.05) is 6.07 Å². The van der Waals surface area contributed by atoms with Gasteiger partial charge in [0.2, 0.25) is 0 Å². The Balaban J connectivity index is 2.89. The van der Waals surface area contributed by atoms with E-state index in [1.54, 1.807) is 6.92 Å². The molecule has 0 aliphatic heterocycles. The molecule has 0 aliphatic rings. The first-order valence-corrected chi connectivity index (χ1v) is 5.92. The van der Waals surface area contributed by atoms with Crippen LogP contribution in [0.25, 0.3) is 0 Å². The van der Waals surface area contributed by atoms with Gasteiger partial charge >= 0.3 is 0 Å². The van der Waals surface area contributed by atoms with Crippen LogP contribution in [-0.2, 0) is 10.0 Å². The average Bonchev–Trinajstić information content (AvgIpc) is 2.72. The van der Waals surface area contributed by atoms with Crippen LogP contribution in [0, 0.1) is 11.3 Å². The van der Waals surface area contributed by atoms with Crippen molar-refractivity contribution in [2.45, 2.75) is 18.4 Å². The molecule has 0 saturated carbocycles. The van der Waals surface area contributed by atoms with Crippen LogP contribution < -0.4 is 0 Å². The van der Waals surface area contributed by atoms with Gasteiger partial charge in [-0.05, 0) is 0 Å². The molecule has 0 atom stereocenters. The van der Waals surface area contributed by atoms with Gasteiger partial charge in [0.15, 0.2) is 5.03 Å². The number of nitriles is 1. The Morgan fingerprint density at radius 2 is 2.40 bits per heavy atom. The van der Waals surface area contributed by atoms with E-state index in [1.165, 1.54) is 16.8 Å². The number of hydrogen-bond donors (Lipinski definition) is 1.